The van der Waals surface area contributed by atoms with Crippen molar-refractivity contribution in [3.05, 3.63) is 47.9 Å². The van der Waals surface area contributed by atoms with E-state index in [2.05, 4.69) is 54.9 Å². The summed E-state index contributed by atoms with van der Waals surface area (Å²) in [6.45, 7) is 10.1. The van der Waals surface area contributed by atoms with Gasteiger partial charge >= 0.3 is 0 Å². The molecular weight excluding hydrogens is 524 g/mol. The molecule has 11 heteroatoms. The number of nitrogens with zero attached hydrogens (tertiary/aromatic N) is 3. The second-order valence-electron chi connectivity index (χ2n) is 12.2. The van der Waals surface area contributed by atoms with E-state index >= 15 is 0 Å². The fourth-order valence-electron chi connectivity index (χ4n) is 4.20. The van der Waals surface area contributed by atoms with Gasteiger partial charge in [0.2, 0.25) is 17.7 Å². The molecule has 1 aliphatic carbocycles. The molecule has 4 rings (SSSR count). The van der Waals surface area contributed by atoms with Crippen LogP contribution in [-0.4, -0.2) is 58.9 Å². The molecule has 1 saturated carbocycles. The topological polar surface area (TPSA) is 157 Å². The van der Waals surface area contributed by atoms with Crippen LogP contribution >= 0.6 is 0 Å². The first kappa shape index (κ1) is 31.3. The Balaban J connectivity index is 0.000000850. The van der Waals surface area contributed by atoms with Gasteiger partial charge in [-0.15, -0.1) is 0 Å². The summed E-state index contributed by atoms with van der Waals surface area (Å²) >= 11 is 0. The van der Waals surface area contributed by atoms with E-state index in [1.807, 2.05) is 6.07 Å². The predicted molar refractivity (Wildman–Crippen MR) is 152 cm³/mol. The molecule has 0 radical (unpaired) electrons. The molecule has 3 atom stereocenters. The van der Waals surface area contributed by atoms with E-state index in [0.29, 0.717) is 29.2 Å². The quantitative estimate of drug-likeness (QED) is 0.421. The molecule has 1 saturated heterocycles. The van der Waals surface area contributed by atoms with Gasteiger partial charge in [0.05, 0.1) is 18.5 Å². The molecule has 3 N–H and O–H groups in total. The molecule has 2 fully saturated rings. The number of aromatic nitrogens is 1. The van der Waals surface area contributed by atoms with Crippen LogP contribution < -0.4 is 16.0 Å². The summed E-state index contributed by atoms with van der Waals surface area (Å²) in [7, 11) is 0. The molecule has 2 heterocycles. The van der Waals surface area contributed by atoms with Gasteiger partial charge in [-0.25, -0.2) is 0 Å². The normalized spacial score (nSPS) is 18.8. The van der Waals surface area contributed by atoms with Gasteiger partial charge in [0.15, 0.2) is 5.69 Å². The number of nitrogens with one attached hydrogen (secondary N) is 3. The number of carbonyl (C=O) groups excluding carboxylic acids is 4. The zero-order valence-corrected chi connectivity index (χ0v) is 24.4. The molecule has 220 valence electrons. The van der Waals surface area contributed by atoms with E-state index in [1.54, 1.807) is 31.2 Å². The highest BCUT2D eigenvalue weighted by Crippen LogP contribution is 2.33. The molecule has 3 unspecified atom stereocenters. The fraction of sp³-hybridized carbons (Fsp3) is 0.533. The third-order valence-corrected chi connectivity index (χ3v) is 6.34. The van der Waals surface area contributed by atoms with Crippen molar-refractivity contribution >= 4 is 29.3 Å². The highest BCUT2D eigenvalue weighted by molar-refractivity contribution is 5.97. The highest BCUT2D eigenvalue weighted by Gasteiger charge is 2.39. The Labute approximate surface area is 241 Å². The number of amides is 4. The van der Waals surface area contributed by atoms with Gasteiger partial charge in [-0.1, -0.05) is 63.9 Å². The standard InChI is InChI=1S/C25H28N6O5.C5H12/c1-15-9-21(30-36-15)25(35)29-20(10-16-7-8-16)24(34)27-13-22(32)31-14-17(11-19(31)12-26)23(33)28-18-5-3-2-4-6-18;1-5(2,3)4/h2-6,9,16-17,19-20H,7-8,10-11,13-14H2,1H3,(H,27,34)(H,28,33)(H,29,35);1-4H3. The SMILES string of the molecule is CC(C)(C)C.Cc1cc(C(=O)NC(CC2CC2)C(=O)NCC(=O)N2CC(C(=O)Nc3ccccc3)CC2C#N)no1. The number of hydrogen-bond acceptors (Lipinski definition) is 7. The van der Waals surface area contributed by atoms with Crippen LogP contribution in [0.4, 0.5) is 5.69 Å². The lowest BCUT2D eigenvalue weighted by molar-refractivity contribution is -0.133. The fourth-order valence-corrected chi connectivity index (χ4v) is 4.20. The van der Waals surface area contributed by atoms with Gasteiger partial charge in [-0.3, -0.25) is 19.2 Å². The number of benzene rings is 1. The molecule has 1 aromatic heterocycles. The van der Waals surface area contributed by atoms with Crippen molar-refractivity contribution in [3.8, 4) is 6.07 Å². The zero-order chi connectivity index (χ0) is 30.2. The van der Waals surface area contributed by atoms with E-state index in [9.17, 15) is 24.4 Å². The average molecular weight is 565 g/mol. The van der Waals surface area contributed by atoms with E-state index < -0.39 is 35.7 Å². The van der Waals surface area contributed by atoms with Gasteiger partial charge in [0.1, 0.15) is 17.8 Å². The smallest absolute Gasteiger partial charge is 0.274 e. The number of rotatable bonds is 9. The van der Waals surface area contributed by atoms with Crippen molar-refractivity contribution in [2.24, 2.45) is 17.3 Å². The first-order valence-corrected chi connectivity index (χ1v) is 13.9. The largest absolute Gasteiger partial charge is 0.361 e. The van der Waals surface area contributed by atoms with Crippen LogP contribution in [0.3, 0.4) is 0 Å². The van der Waals surface area contributed by atoms with Crippen molar-refractivity contribution in [2.45, 2.75) is 72.4 Å². The Morgan fingerprint density at radius 3 is 2.37 bits per heavy atom. The Morgan fingerprint density at radius 1 is 1.15 bits per heavy atom. The van der Waals surface area contributed by atoms with Gasteiger partial charge in [-0.05, 0) is 43.2 Å². The summed E-state index contributed by atoms with van der Waals surface area (Å²) in [5.74, 6) is -1.49. The Bertz CT molecular complexity index is 1250. The van der Waals surface area contributed by atoms with Crippen molar-refractivity contribution in [1.82, 2.24) is 20.7 Å². The minimum atomic E-state index is -0.829. The third kappa shape index (κ3) is 10.4. The van der Waals surface area contributed by atoms with Crippen molar-refractivity contribution in [1.29, 1.82) is 5.26 Å². The minimum absolute atomic E-state index is 0.0749. The molecular formula is C30H40N6O5. The van der Waals surface area contributed by atoms with Crippen LogP contribution in [-0.2, 0) is 14.4 Å². The maximum absolute atomic E-state index is 12.9. The highest BCUT2D eigenvalue weighted by atomic mass is 16.5. The Hall–Kier alpha value is -4.20. The first-order chi connectivity index (χ1) is 19.3. The lowest BCUT2D eigenvalue weighted by atomic mass is 10.0. The third-order valence-electron chi connectivity index (χ3n) is 6.34. The van der Waals surface area contributed by atoms with Crippen molar-refractivity contribution in [2.75, 3.05) is 18.4 Å². The number of nitriles is 1. The number of aryl methyl sites for hydroxylation is 1. The molecule has 1 aromatic carbocycles. The van der Waals surface area contributed by atoms with Gasteiger partial charge < -0.3 is 25.4 Å². The van der Waals surface area contributed by atoms with Gasteiger partial charge in [0.25, 0.3) is 5.91 Å². The number of hydrogen-bond donors (Lipinski definition) is 3. The number of likely N-dealkylation sites (tertiary alicyclic amines) is 1. The van der Waals surface area contributed by atoms with Gasteiger partial charge in [0, 0.05) is 18.3 Å². The molecule has 41 heavy (non-hydrogen) atoms. The monoisotopic (exact) mass is 564 g/mol. The lowest BCUT2D eigenvalue weighted by Crippen LogP contribution is -2.50. The number of anilines is 1. The van der Waals surface area contributed by atoms with E-state index in [0.717, 1.165) is 12.8 Å². The number of para-hydroxylation sites is 1. The van der Waals surface area contributed by atoms with Crippen LogP contribution in [0.15, 0.2) is 40.9 Å². The second kappa shape index (κ2) is 13.9. The van der Waals surface area contributed by atoms with Crippen LogP contribution in [0.2, 0.25) is 0 Å². The molecule has 2 aliphatic rings. The summed E-state index contributed by atoms with van der Waals surface area (Å²) in [6.07, 6.45) is 2.62. The van der Waals surface area contributed by atoms with E-state index in [4.69, 9.17) is 4.52 Å². The summed E-state index contributed by atoms with van der Waals surface area (Å²) < 4.78 is 4.92. The van der Waals surface area contributed by atoms with E-state index in [-0.39, 0.29) is 31.1 Å². The van der Waals surface area contributed by atoms with E-state index in [1.165, 1.54) is 11.0 Å². The van der Waals surface area contributed by atoms with Crippen LogP contribution in [0.25, 0.3) is 0 Å². The van der Waals surface area contributed by atoms with Gasteiger partial charge in [-0.2, -0.15) is 5.26 Å². The second-order valence-corrected chi connectivity index (χ2v) is 12.2. The van der Waals surface area contributed by atoms with Crippen LogP contribution in [0, 0.1) is 35.5 Å². The maximum Gasteiger partial charge on any atom is 0.274 e. The molecule has 2 aromatic rings. The van der Waals surface area contributed by atoms with Crippen LogP contribution in [0.5, 0.6) is 0 Å². The molecule has 11 nitrogen and oxygen atoms in total. The van der Waals surface area contributed by atoms with Crippen molar-refractivity contribution < 1.29 is 23.7 Å². The summed E-state index contributed by atoms with van der Waals surface area (Å²) in [6, 6.07) is 10.9. The Kier molecular flexibility index (Phi) is 10.6. The summed E-state index contributed by atoms with van der Waals surface area (Å²) in [5.41, 5.74) is 1.21. The summed E-state index contributed by atoms with van der Waals surface area (Å²) in [4.78, 5) is 52.2. The molecule has 0 spiro atoms. The van der Waals surface area contributed by atoms with Crippen molar-refractivity contribution in [3.63, 3.8) is 0 Å². The summed E-state index contributed by atoms with van der Waals surface area (Å²) in [5, 5.41) is 21.3. The number of carbonyl (C=O) groups is 4. The molecule has 4 amide bonds. The lowest BCUT2D eigenvalue weighted by Gasteiger charge is -2.22. The maximum atomic E-state index is 12.9. The average Bonchev–Trinajstić information content (AvgIpc) is 3.44. The predicted octanol–water partition coefficient (Wildman–Crippen LogP) is 3.43. The van der Waals surface area contributed by atoms with Crippen LogP contribution in [0.1, 0.15) is 69.6 Å². The molecule has 1 aliphatic heterocycles. The molecule has 0 bridgehead atoms. The minimum Gasteiger partial charge on any atom is -0.361 e. The zero-order valence-electron chi connectivity index (χ0n) is 24.4. The Morgan fingerprint density at radius 2 is 1.80 bits per heavy atom. The first-order valence-electron chi connectivity index (χ1n) is 13.9.